The van der Waals surface area contributed by atoms with Crippen molar-refractivity contribution in [3.63, 3.8) is 0 Å². The molecule has 0 radical (unpaired) electrons. The Hall–Kier alpha value is -2.03. The molecule has 3 rings (SSSR count). The molecule has 0 saturated heterocycles. The Balaban J connectivity index is 2.52. The average Bonchev–Trinajstić information content (AvgIpc) is 2.26. The minimum absolute atomic E-state index is 0.839. The van der Waals surface area contributed by atoms with Crippen molar-refractivity contribution < 1.29 is 0 Å². The molecule has 1 aromatic carbocycles. The first kappa shape index (κ1) is 7.38. The molecule has 0 atom stereocenters. The third-order valence-corrected chi connectivity index (χ3v) is 2.14. The molecule has 0 fully saturated rings. The zero-order valence-electron chi connectivity index (χ0n) is 7.38. The largest absolute Gasteiger partial charge is 0.262 e. The van der Waals surface area contributed by atoms with Crippen molar-refractivity contribution in [3.8, 4) is 0 Å². The van der Waals surface area contributed by atoms with Crippen molar-refractivity contribution in [1.82, 2.24) is 15.0 Å². The molecule has 3 heteroatoms. The van der Waals surface area contributed by atoms with E-state index in [1.807, 2.05) is 30.3 Å². The summed E-state index contributed by atoms with van der Waals surface area (Å²) in [5.41, 5.74) is 3.56. The van der Waals surface area contributed by atoms with E-state index in [-0.39, 0.29) is 0 Å². The Bertz CT molecular complexity index is 499. The van der Waals surface area contributed by atoms with Gasteiger partial charge in [0.25, 0.3) is 0 Å². The number of fused-ring (bicyclic) bond motifs is 2. The number of aromatic nitrogens is 3. The lowest BCUT2D eigenvalue weighted by molar-refractivity contribution is 1.30. The van der Waals surface area contributed by atoms with Gasteiger partial charge < -0.3 is 0 Å². The van der Waals surface area contributed by atoms with E-state index in [1.54, 1.807) is 12.4 Å². The number of hydrogen-bond acceptors (Lipinski definition) is 3. The van der Waals surface area contributed by atoms with E-state index < -0.39 is 0 Å². The van der Waals surface area contributed by atoms with Crippen LogP contribution in [0.2, 0.25) is 0 Å². The minimum Gasteiger partial charge on any atom is -0.262 e. The minimum atomic E-state index is 0.839. The van der Waals surface area contributed by atoms with Crippen LogP contribution >= 0.6 is 0 Å². The fraction of sp³-hybridized carbons (Fsp3) is 0. The third-order valence-electron chi connectivity index (χ3n) is 2.14. The molecule has 0 aliphatic carbocycles. The molecule has 2 heterocycles. The highest BCUT2D eigenvalue weighted by Crippen LogP contribution is 2.13. The fourth-order valence-electron chi connectivity index (χ4n) is 1.47. The van der Waals surface area contributed by atoms with Gasteiger partial charge in [-0.1, -0.05) is 12.1 Å². The third kappa shape index (κ3) is 1.03. The van der Waals surface area contributed by atoms with Crippen LogP contribution in [-0.2, 0) is 0 Å². The molecular weight excluding hydrogens is 174 g/mol. The summed E-state index contributed by atoms with van der Waals surface area (Å²) in [6.45, 7) is 0. The SMILES string of the molecule is c1ccc2nc3cnccc3nc2c1. The molecule has 0 amide bonds. The summed E-state index contributed by atoms with van der Waals surface area (Å²) in [5.74, 6) is 0. The van der Waals surface area contributed by atoms with Crippen molar-refractivity contribution in [1.29, 1.82) is 0 Å². The Kier molecular flexibility index (Phi) is 1.44. The highest BCUT2D eigenvalue weighted by atomic mass is 14.8. The highest BCUT2D eigenvalue weighted by Gasteiger charge is 1.98. The first-order valence-electron chi connectivity index (χ1n) is 4.40. The normalized spacial score (nSPS) is 10.9. The number of nitrogens with zero attached hydrogens (tertiary/aromatic N) is 3. The summed E-state index contributed by atoms with van der Waals surface area (Å²) in [5, 5.41) is 0. The molecule has 66 valence electrons. The second-order valence-corrected chi connectivity index (χ2v) is 3.08. The Labute approximate surface area is 80.5 Å². The van der Waals surface area contributed by atoms with Crippen molar-refractivity contribution >= 4 is 22.1 Å². The van der Waals surface area contributed by atoms with Gasteiger partial charge in [0, 0.05) is 6.20 Å². The van der Waals surface area contributed by atoms with Gasteiger partial charge in [-0.15, -0.1) is 0 Å². The van der Waals surface area contributed by atoms with Gasteiger partial charge in [-0.3, -0.25) is 4.98 Å². The molecule has 0 aliphatic heterocycles. The first-order valence-corrected chi connectivity index (χ1v) is 4.40. The monoisotopic (exact) mass is 181 g/mol. The molecule has 0 aliphatic rings. The molecular formula is C11H7N3. The van der Waals surface area contributed by atoms with Crippen LogP contribution in [0.15, 0.2) is 42.7 Å². The van der Waals surface area contributed by atoms with Gasteiger partial charge in [0.15, 0.2) is 0 Å². The molecule has 0 unspecified atom stereocenters. The second-order valence-electron chi connectivity index (χ2n) is 3.08. The predicted molar refractivity (Wildman–Crippen MR) is 54.8 cm³/mol. The van der Waals surface area contributed by atoms with Crippen LogP contribution in [-0.4, -0.2) is 15.0 Å². The maximum absolute atomic E-state index is 4.48. The van der Waals surface area contributed by atoms with Crippen LogP contribution < -0.4 is 0 Å². The summed E-state index contributed by atoms with van der Waals surface area (Å²) in [6, 6.07) is 9.70. The van der Waals surface area contributed by atoms with Crippen LogP contribution in [0.25, 0.3) is 22.1 Å². The lowest BCUT2D eigenvalue weighted by atomic mass is 10.3. The summed E-state index contributed by atoms with van der Waals surface area (Å²) in [6.07, 6.45) is 3.46. The van der Waals surface area contributed by atoms with Gasteiger partial charge in [0.05, 0.1) is 22.7 Å². The van der Waals surface area contributed by atoms with E-state index >= 15 is 0 Å². The molecule has 0 bridgehead atoms. The Morgan fingerprint density at radius 3 is 2.14 bits per heavy atom. The number of para-hydroxylation sites is 2. The zero-order chi connectivity index (χ0) is 9.38. The van der Waals surface area contributed by atoms with Crippen molar-refractivity contribution in [2.45, 2.75) is 0 Å². The number of rotatable bonds is 0. The summed E-state index contributed by atoms with van der Waals surface area (Å²) in [4.78, 5) is 12.9. The van der Waals surface area contributed by atoms with Gasteiger partial charge in [0.1, 0.15) is 5.52 Å². The standard InChI is InChI=1S/C11H7N3/c1-2-4-9-8(3-1)13-10-5-6-12-7-11(10)14-9/h1-7H. The molecule has 0 saturated carbocycles. The van der Waals surface area contributed by atoms with Gasteiger partial charge in [0.2, 0.25) is 0 Å². The topological polar surface area (TPSA) is 38.7 Å². The maximum Gasteiger partial charge on any atom is 0.108 e. The maximum atomic E-state index is 4.48. The lowest BCUT2D eigenvalue weighted by Crippen LogP contribution is -1.86. The van der Waals surface area contributed by atoms with Crippen molar-refractivity contribution in [2.75, 3.05) is 0 Å². The molecule has 3 aromatic rings. The summed E-state index contributed by atoms with van der Waals surface area (Å²) >= 11 is 0. The van der Waals surface area contributed by atoms with E-state index in [0.717, 1.165) is 22.1 Å². The van der Waals surface area contributed by atoms with Crippen LogP contribution in [0.3, 0.4) is 0 Å². The smallest absolute Gasteiger partial charge is 0.108 e. The van der Waals surface area contributed by atoms with E-state index in [1.165, 1.54) is 0 Å². The van der Waals surface area contributed by atoms with Crippen LogP contribution in [0, 0.1) is 0 Å². The number of benzene rings is 1. The molecule has 14 heavy (non-hydrogen) atoms. The highest BCUT2D eigenvalue weighted by molar-refractivity contribution is 5.85. The summed E-state index contributed by atoms with van der Waals surface area (Å²) in [7, 11) is 0. The molecule has 0 spiro atoms. The second kappa shape index (κ2) is 2.73. The van der Waals surface area contributed by atoms with Gasteiger partial charge in [-0.25, -0.2) is 9.97 Å². The van der Waals surface area contributed by atoms with Crippen LogP contribution in [0.1, 0.15) is 0 Å². The van der Waals surface area contributed by atoms with Crippen LogP contribution in [0.4, 0.5) is 0 Å². The number of pyridine rings is 1. The van der Waals surface area contributed by atoms with Gasteiger partial charge in [-0.05, 0) is 18.2 Å². The fourth-order valence-corrected chi connectivity index (χ4v) is 1.47. The van der Waals surface area contributed by atoms with E-state index in [0.29, 0.717) is 0 Å². The Morgan fingerprint density at radius 2 is 1.36 bits per heavy atom. The number of hydrogen-bond donors (Lipinski definition) is 0. The molecule has 0 N–H and O–H groups in total. The van der Waals surface area contributed by atoms with Crippen molar-refractivity contribution in [2.24, 2.45) is 0 Å². The summed E-state index contributed by atoms with van der Waals surface area (Å²) < 4.78 is 0. The lowest BCUT2D eigenvalue weighted by Gasteiger charge is -1.98. The van der Waals surface area contributed by atoms with Gasteiger partial charge >= 0.3 is 0 Å². The Morgan fingerprint density at radius 1 is 0.714 bits per heavy atom. The van der Waals surface area contributed by atoms with Gasteiger partial charge in [-0.2, -0.15) is 0 Å². The van der Waals surface area contributed by atoms with E-state index in [2.05, 4.69) is 15.0 Å². The van der Waals surface area contributed by atoms with Crippen molar-refractivity contribution in [3.05, 3.63) is 42.7 Å². The quantitative estimate of drug-likeness (QED) is 0.499. The zero-order valence-corrected chi connectivity index (χ0v) is 7.38. The predicted octanol–water partition coefficient (Wildman–Crippen LogP) is 2.18. The van der Waals surface area contributed by atoms with Crippen LogP contribution in [0.5, 0.6) is 0 Å². The first-order chi connectivity index (χ1) is 6.93. The molecule has 3 nitrogen and oxygen atoms in total. The van der Waals surface area contributed by atoms with E-state index in [4.69, 9.17) is 0 Å². The van der Waals surface area contributed by atoms with E-state index in [9.17, 15) is 0 Å². The average molecular weight is 181 g/mol. The molecule has 2 aromatic heterocycles.